The lowest BCUT2D eigenvalue weighted by atomic mass is 10.5. The Hall–Kier alpha value is 0.177. The highest BCUT2D eigenvalue weighted by Crippen LogP contribution is 2.37. The van der Waals surface area contributed by atoms with E-state index in [-0.39, 0.29) is 0 Å². The van der Waals surface area contributed by atoms with Gasteiger partial charge in [-0.05, 0) is 31.2 Å². The highest BCUT2D eigenvalue weighted by Gasteiger charge is 2.41. The summed E-state index contributed by atoms with van der Waals surface area (Å²) in [6, 6.07) is 4.63. The van der Waals surface area contributed by atoms with Crippen molar-refractivity contribution in [1.29, 1.82) is 0 Å². The van der Waals surface area contributed by atoms with Crippen LogP contribution in [0.5, 0.6) is 0 Å². The van der Waals surface area contributed by atoms with E-state index in [0.717, 1.165) is 0 Å². The van der Waals surface area contributed by atoms with Crippen molar-refractivity contribution in [3.63, 3.8) is 0 Å². The van der Waals surface area contributed by atoms with E-state index >= 15 is 0 Å². The van der Waals surface area contributed by atoms with E-state index in [0.29, 0.717) is 0 Å². The summed E-state index contributed by atoms with van der Waals surface area (Å²) in [4.78, 5) is 0. The standard InChI is InChI=1S/C9H21NSi/c1-4-10(5-2)11(6-3)8-7-9-11/h4-9H2,1-3H3. The van der Waals surface area contributed by atoms with Crippen LogP contribution < -0.4 is 0 Å². The van der Waals surface area contributed by atoms with E-state index in [9.17, 15) is 0 Å². The number of nitrogens with zero attached hydrogens (tertiary/aromatic N) is 1. The highest BCUT2D eigenvalue weighted by atomic mass is 28.3. The van der Waals surface area contributed by atoms with Crippen molar-refractivity contribution < 1.29 is 0 Å². The van der Waals surface area contributed by atoms with Crippen LogP contribution in [-0.2, 0) is 0 Å². The third-order valence-electron chi connectivity index (χ3n) is 3.38. The van der Waals surface area contributed by atoms with Gasteiger partial charge >= 0.3 is 0 Å². The molecule has 0 N–H and O–H groups in total. The van der Waals surface area contributed by atoms with Gasteiger partial charge in [0.1, 0.15) is 8.24 Å². The molecule has 0 aromatic carbocycles. The molecule has 1 aliphatic heterocycles. The third-order valence-corrected chi connectivity index (χ3v) is 9.24. The van der Waals surface area contributed by atoms with Gasteiger partial charge in [-0.2, -0.15) is 0 Å². The first-order valence-electron chi connectivity index (χ1n) is 5.04. The van der Waals surface area contributed by atoms with Gasteiger partial charge < -0.3 is 4.57 Å². The molecular formula is C9H21NSi. The van der Waals surface area contributed by atoms with Crippen molar-refractivity contribution in [3.8, 4) is 0 Å². The second kappa shape index (κ2) is 3.72. The van der Waals surface area contributed by atoms with E-state index in [1.807, 2.05) is 0 Å². The number of hydrogen-bond acceptors (Lipinski definition) is 1. The zero-order chi connectivity index (χ0) is 8.32. The van der Waals surface area contributed by atoms with Crippen LogP contribution in [0.3, 0.4) is 0 Å². The summed E-state index contributed by atoms with van der Waals surface area (Å²) >= 11 is 0. The van der Waals surface area contributed by atoms with Gasteiger partial charge in [0.25, 0.3) is 0 Å². The first kappa shape index (κ1) is 9.27. The third kappa shape index (κ3) is 1.52. The molecule has 0 aliphatic carbocycles. The maximum atomic E-state index is 2.77. The molecule has 0 atom stereocenters. The van der Waals surface area contributed by atoms with Crippen LogP contribution in [0.2, 0.25) is 18.1 Å². The largest absolute Gasteiger partial charge is 0.324 e. The smallest absolute Gasteiger partial charge is 0.128 e. The molecule has 0 unspecified atom stereocenters. The summed E-state index contributed by atoms with van der Waals surface area (Å²) in [5, 5.41) is 0. The molecule has 1 fully saturated rings. The summed E-state index contributed by atoms with van der Waals surface area (Å²) in [6.45, 7) is 9.59. The number of rotatable bonds is 4. The minimum absolute atomic E-state index is 0.813. The molecule has 66 valence electrons. The quantitative estimate of drug-likeness (QED) is 0.588. The lowest BCUT2D eigenvalue weighted by Gasteiger charge is -2.47. The van der Waals surface area contributed by atoms with Crippen LogP contribution in [0.4, 0.5) is 0 Å². The molecule has 11 heavy (non-hydrogen) atoms. The Bertz CT molecular complexity index is 111. The fourth-order valence-corrected chi connectivity index (χ4v) is 6.67. The van der Waals surface area contributed by atoms with Crippen molar-refractivity contribution in [2.75, 3.05) is 13.1 Å². The zero-order valence-corrected chi connectivity index (χ0v) is 9.19. The van der Waals surface area contributed by atoms with Crippen molar-refractivity contribution in [1.82, 2.24) is 4.57 Å². The summed E-state index contributed by atoms with van der Waals surface area (Å²) < 4.78 is 2.77. The minimum Gasteiger partial charge on any atom is -0.324 e. The summed E-state index contributed by atoms with van der Waals surface area (Å²) in [6.07, 6.45) is 1.51. The normalized spacial score (nSPS) is 21.8. The van der Waals surface area contributed by atoms with Crippen LogP contribution in [-0.4, -0.2) is 25.9 Å². The Kier molecular flexibility index (Phi) is 3.13. The van der Waals surface area contributed by atoms with Gasteiger partial charge in [-0.3, -0.25) is 0 Å². The molecule has 0 saturated carbocycles. The first-order chi connectivity index (χ1) is 5.29. The Balaban J connectivity index is 2.51. The molecular weight excluding hydrogens is 150 g/mol. The molecule has 1 nitrogen and oxygen atoms in total. The van der Waals surface area contributed by atoms with E-state index in [4.69, 9.17) is 0 Å². The van der Waals surface area contributed by atoms with Gasteiger partial charge in [-0.15, -0.1) is 0 Å². The second-order valence-electron chi connectivity index (χ2n) is 3.60. The van der Waals surface area contributed by atoms with Crippen molar-refractivity contribution in [3.05, 3.63) is 0 Å². The summed E-state index contributed by atoms with van der Waals surface area (Å²) in [7, 11) is -0.813. The Morgan fingerprint density at radius 2 is 1.64 bits per heavy atom. The molecule has 0 bridgehead atoms. The topological polar surface area (TPSA) is 3.24 Å². The first-order valence-corrected chi connectivity index (χ1v) is 7.61. The fraction of sp³-hybridized carbons (Fsp3) is 1.00. The molecule has 0 amide bonds. The molecule has 1 saturated heterocycles. The molecule has 1 rings (SSSR count). The van der Waals surface area contributed by atoms with Crippen LogP contribution in [0.15, 0.2) is 0 Å². The molecule has 1 heterocycles. The molecule has 0 aromatic rings. The summed E-state index contributed by atoms with van der Waals surface area (Å²) in [5.41, 5.74) is 0. The maximum absolute atomic E-state index is 2.77. The average Bonchev–Trinajstić information content (AvgIpc) is 1.96. The van der Waals surface area contributed by atoms with Crippen molar-refractivity contribution >= 4 is 8.24 Å². The molecule has 2 heteroatoms. The van der Waals surface area contributed by atoms with Crippen LogP contribution in [0, 0.1) is 0 Å². The van der Waals surface area contributed by atoms with Crippen molar-refractivity contribution in [2.24, 2.45) is 0 Å². The Morgan fingerprint density at radius 1 is 1.09 bits per heavy atom. The lowest BCUT2D eigenvalue weighted by molar-refractivity contribution is 0.437. The van der Waals surface area contributed by atoms with E-state index in [1.54, 1.807) is 12.1 Å². The average molecular weight is 171 g/mol. The molecule has 0 spiro atoms. The maximum Gasteiger partial charge on any atom is 0.128 e. The SMILES string of the molecule is CCN(CC)[Si]1(CC)CCC1. The van der Waals surface area contributed by atoms with Gasteiger partial charge in [-0.1, -0.05) is 27.2 Å². The zero-order valence-electron chi connectivity index (χ0n) is 8.19. The monoisotopic (exact) mass is 171 g/mol. The van der Waals surface area contributed by atoms with Crippen molar-refractivity contribution in [2.45, 2.75) is 45.3 Å². The van der Waals surface area contributed by atoms with Gasteiger partial charge in [0.05, 0.1) is 0 Å². The lowest BCUT2D eigenvalue weighted by Crippen LogP contribution is -2.57. The Morgan fingerprint density at radius 3 is 1.73 bits per heavy atom. The number of hydrogen-bond donors (Lipinski definition) is 0. The van der Waals surface area contributed by atoms with E-state index < -0.39 is 8.24 Å². The second-order valence-corrected chi connectivity index (χ2v) is 8.39. The van der Waals surface area contributed by atoms with Gasteiger partial charge in [0, 0.05) is 0 Å². The Labute approximate surface area is 71.9 Å². The van der Waals surface area contributed by atoms with Gasteiger partial charge in [0.2, 0.25) is 0 Å². The molecule has 0 radical (unpaired) electrons. The predicted octanol–water partition coefficient (Wildman–Crippen LogP) is 2.70. The highest BCUT2D eigenvalue weighted by molar-refractivity contribution is 6.79. The van der Waals surface area contributed by atoms with Gasteiger partial charge in [0.15, 0.2) is 0 Å². The summed E-state index contributed by atoms with van der Waals surface area (Å²) in [5.74, 6) is 0. The van der Waals surface area contributed by atoms with Crippen LogP contribution >= 0.6 is 0 Å². The van der Waals surface area contributed by atoms with Crippen LogP contribution in [0.25, 0.3) is 0 Å². The fourth-order valence-electron chi connectivity index (χ4n) is 2.37. The van der Waals surface area contributed by atoms with E-state index in [1.165, 1.54) is 25.6 Å². The van der Waals surface area contributed by atoms with Crippen LogP contribution in [0.1, 0.15) is 27.2 Å². The van der Waals surface area contributed by atoms with Gasteiger partial charge in [-0.25, -0.2) is 0 Å². The van der Waals surface area contributed by atoms with E-state index in [2.05, 4.69) is 25.3 Å². The molecule has 1 aliphatic rings. The minimum atomic E-state index is -0.813. The molecule has 0 aromatic heterocycles. The predicted molar refractivity (Wildman–Crippen MR) is 53.4 cm³/mol.